The summed E-state index contributed by atoms with van der Waals surface area (Å²) in [6.07, 6.45) is 0.653. The third kappa shape index (κ3) is 2.94. The summed E-state index contributed by atoms with van der Waals surface area (Å²) in [6, 6.07) is 1.72. The van der Waals surface area contributed by atoms with Gasteiger partial charge in [0, 0.05) is 18.2 Å². The van der Waals surface area contributed by atoms with Crippen molar-refractivity contribution in [1.82, 2.24) is 4.98 Å². The van der Waals surface area contributed by atoms with Gasteiger partial charge in [0.2, 0.25) is 0 Å². The zero-order valence-corrected chi connectivity index (χ0v) is 9.20. The van der Waals surface area contributed by atoms with Gasteiger partial charge in [-0.1, -0.05) is 6.92 Å². The lowest BCUT2D eigenvalue weighted by Crippen LogP contribution is -2.02. The molecule has 1 N–H and O–H groups in total. The van der Waals surface area contributed by atoms with Gasteiger partial charge in [0.15, 0.2) is 0 Å². The van der Waals surface area contributed by atoms with Crippen LogP contribution in [-0.4, -0.2) is 16.1 Å². The molecule has 0 radical (unpaired) electrons. The molecule has 1 heterocycles. The van der Waals surface area contributed by atoms with Crippen LogP contribution in [0.3, 0.4) is 0 Å². The predicted molar refractivity (Wildman–Crippen MR) is 55.5 cm³/mol. The van der Waals surface area contributed by atoms with E-state index in [4.69, 9.17) is 4.74 Å². The van der Waals surface area contributed by atoms with E-state index in [0.29, 0.717) is 17.7 Å². The van der Waals surface area contributed by atoms with Crippen molar-refractivity contribution in [3.63, 3.8) is 0 Å². The molecule has 0 aliphatic rings. The van der Waals surface area contributed by atoms with Gasteiger partial charge in [-0.3, -0.25) is 9.78 Å². The second kappa shape index (κ2) is 4.77. The van der Waals surface area contributed by atoms with Gasteiger partial charge in [-0.2, -0.15) is 0 Å². The summed E-state index contributed by atoms with van der Waals surface area (Å²) in [5.74, 6) is -0.230. The highest BCUT2D eigenvalue weighted by Crippen LogP contribution is 2.23. The Kier molecular flexibility index (Phi) is 3.66. The zero-order chi connectivity index (χ0) is 11.4. The molecule has 0 aliphatic heterocycles. The second-order valence-corrected chi connectivity index (χ2v) is 3.35. The number of hydrogen-bond donors (Lipinski definition) is 1. The van der Waals surface area contributed by atoms with Crippen LogP contribution in [0.25, 0.3) is 0 Å². The number of ether oxygens (including phenoxy) is 1. The molecule has 15 heavy (non-hydrogen) atoms. The monoisotopic (exact) mass is 209 g/mol. The fraction of sp³-hybridized carbons (Fsp3) is 0.455. The highest BCUT2D eigenvalue weighted by atomic mass is 16.5. The molecule has 0 amide bonds. The third-order valence-corrected chi connectivity index (χ3v) is 2.04. The normalized spacial score (nSPS) is 10.1. The van der Waals surface area contributed by atoms with Crippen LogP contribution >= 0.6 is 0 Å². The minimum atomic E-state index is -0.359. The molecule has 4 nitrogen and oxygen atoms in total. The molecular weight excluding hydrogens is 194 g/mol. The van der Waals surface area contributed by atoms with Gasteiger partial charge in [0.1, 0.15) is 12.4 Å². The van der Waals surface area contributed by atoms with Gasteiger partial charge in [-0.15, -0.1) is 0 Å². The van der Waals surface area contributed by atoms with Crippen LogP contribution < -0.4 is 0 Å². The number of aromatic nitrogens is 1. The Morgan fingerprint density at radius 3 is 2.80 bits per heavy atom. The van der Waals surface area contributed by atoms with E-state index in [1.807, 2.05) is 13.8 Å². The number of rotatable bonds is 3. The SMILES string of the molecule is CCc1nc(C)cc(COC(C)=O)c1O. The maximum Gasteiger partial charge on any atom is 0.302 e. The molecule has 1 aromatic heterocycles. The summed E-state index contributed by atoms with van der Waals surface area (Å²) < 4.78 is 4.84. The van der Waals surface area contributed by atoms with E-state index >= 15 is 0 Å². The second-order valence-electron chi connectivity index (χ2n) is 3.35. The molecule has 0 atom stereocenters. The van der Waals surface area contributed by atoms with Crippen LogP contribution in [0.2, 0.25) is 0 Å². The molecule has 0 unspecified atom stereocenters. The summed E-state index contributed by atoms with van der Waals surface area (Å²) in [5.41, 5.74) is 2.05. The van der Waals surface area contributed by atoms with E-state index in [2.05, 4.69) is 4.98 Å². The Hall–Kier alpha value is -1.58. The van der Waals surface area contributed by atoms with Gasteiger partial charge in [-0.25, -0.2) is 0 Å². The first-order chi connectivity index (χ1) is 7.04. The van der Waals surface area contributed by atoms with Crippen molar-refractivity contribution in [1.29, 1.82) is 0 Å². The molecule has 1 aromatic rings. The Balaban J connectivity index is 2.95. The number of hydrogen-bond acceptors (Lipinski definition) is 4. The maximum atomic E-state index is 10.6. The van der Waals surface area contributed by atoms with E-state index in [0.717, 1.165) is 5.69 Å². The third-order valence-electron chi connectivity index (χ3n) is 2.04. The molecule has 82 valence electrons. The van der Waals surface area contributed by atoms with Gasteiger partial charge >= 0.3 is 5.97 Å². The summed E-state index contributed by atoms with van der Waals surface area (Å²) >= 11 is 0. The largest absolute Gasteiger partial charge is 0.506 e. The fourth-order valence-electron chi connectivity index (χ4n) is 1.34. The molecular formula is C11H15NO3. The first-order valence-electron chi connectivity index (χ1n) is 4.86. The number of aryl methyl sites for hydroxylation is 2. The van der Waals surface area contributed by atoms with Crippen LogP contribution in [0.4, 0.5) is 0 Å². The van der Waals surface area contributed by atoms with Crippen LogP contribution in [0.15, 0.2) is 6.07 Å². The number of carbonyl (C=O) groups is 1. The molecule has 0 saturated heterocycles. The van der Waals surface area contributed by atoms with Gasteiger partial charge < -0.3 is 9.84 Å². The highest BCUT2D eigenvalue weighted by molar-refractivity contribution is 5.66. The summed E-state index contributed by atoms with van der Waals surface area (Å²) in [6.45, 7) is 5.19. The highest BCUT2D eigenvalue weighted by Gasteiger charge is 2.09. The lowest BCUT2D eigenvalue weighted by molar-refractivity contribution is -0.142. The molecule has 0 spiro atoms. The number of nitrogens with zero attached hydrogens (tertiary/aromatic N) is 1. The van der Waals surface area contributed by atoms with Crippen molar-refractivity contribution in [2.45, 2.75) is 33.8 Å². The fourth-order valence-corrected chi connectivity index (χ4v) is 1.34. The van der Waals surface area contributed by atoms with Crippen LogP contribution in [0, 0.1) is 6.92 Å². The van der Waals surface area contributed by atoms with E-state index < -0.39 is 0 Å². The van der Waals surface area contributed by atoms with E-state index in [9.17, 15) is 9.90 Å². The average Bonchev–Trinajstić information content (AvgIpc) is 2.18. The van der Waals surface area contributed by atoms with Crippen LogP contribution in [0.5, 0.6) is 5.75 Å². The lowest BCUT2D eigenvalue weighted by Gasteiger charge is -2.09. The van der Waals surface area contributed by atoms with Crippen LogP contribution in [0.1, 0.15) is 30.8 Å². The summed E-state index contributed by atoms with van der Waals surface area (Å²) in [4.78, 5) is 14.8. The van der Waals surface area contributed by atoms with Crippen molar-refractivity contribution >= 4 is 5.97 Å². The van der Waals surface area contributed by atoms with Crippen LogP contribution in [-0.2, 0) is 22.6 Å². The average molecular weight is 209 g/mol. The molecule has 0 fully saturated rings. The van der Waals surface area contributed by atoms with E-state index in [-0.39, 0.29) is 18.3 Å². The molecule has 0 bridgehead atoms. The number of pyridine rings is 1. The Morgan fingerprint density at radius 2 is 2.27 bits per heavy atom. The Labute approximate surface area is 88.9 Å². The number of esters is 1. The molecule has 0 aliphatic carbocycles. The molecule has 0 aromatic carbocycles. The smallest absolute Gasteiger partial charge is 0.302 e. The maximum absolute atomic E-state index is 10.6. The summed E-state index contributed by atoms with van der Waals surface area (Å²) in [7, 11) is 0. The quantitative estimate of drug-likeness (QED) is 0.770. The minimum absolute atomic E-state index is 0.0948. The Morgan fingerprint density at radius 1 is 1.60 bits per heavy atom. The zero-order valence-electron chi connectivity index (χ0n) is 9.20. The van der Waals surface area contributed by atoms with E-state index in [1.165, 1.54) is 6.92 Å². The molecule has 1 rings (SSSR count). The number of carbonyl (C=O) groups excluding carboxylic acids is 1. The predicted octanol–water partition coefficient (Wildman–Crippen LogP) is 1.72. The van der Waals surface area contributed by atoms with Crippen molar-refractivity contribution < 1.29 is 14.6 Å². The first-order valence-corrected chi connectivity index (χ1v) is 4.86. The van der Waals surface area contributed by atoms with Gasteiger partial charge in [0.25, 0.3) is 0 Å². The Bertz CT molecular complexity index is 374. The van der Waals surface area contributed by atoms with Gasteiger partial charge in [-0.05, 0) is 19.4 Å². The van der Waals surface area contributed by atoms with Crippen molar-refractivity contribution in [3.8, 4) is 5.75 Å². The van der Waals surface area contributed by atoms with Crippen molar-refractivity contribution in [2.75, 3.05) is 0 Å². The first kappa shape index (κ1) is 11.5. The molecule has 4 heteroatoms. The number of aromatic hydroxyl groups is 1. The lowest BCUT2D eigenvalue weighted by atomic mass is 10.1. The molecule has 0 saturated carbocycles. The van der Waals surface area contributed by atoms with Crippen molar-refractivity contribution in [3.05, 3.63) is 23.0 Å². The van der Waals surface area contributed by atoms with Crippen molar-refractivity contribution in [2.24, 2.45) is 0 Å². The topological polar surface area (TPSA) is 59.4 Å². The standard InChI is InChI=1S/C11H15NO3/c1-4-10-11(14)9(5-7(2)12-10)6-15-8(3)13/h5,14H,4,6H2,1-3H3. The van der Waals surface area contributed by atoms with E-state index in [1.54, 1.807) is 6.07 Å². The summed E-state index contributed by atoms with van der Waals surface area (Å²) in [5, 5.41) is 9.77. The minimum Gasteiger partial charge on any atom is -0.506 e. The van der Waals surface area contributed by atoms with Gasteiger partial charge in [0.05, 0.1) is 5.69 Å².